The summed E-state index contributed by atoms with van der Waals surface area (Å²) in [4.78, 5) is 47.9. The first-order valence-electron chi connectivity index (χ1n) is 10.5. The zero-order chi connectivity index (χ0) is 21.3. The Kier molecular flexibility index (Phi) is 5.57. The van der Waals surface area contributed by atoms with Crippen LogP contribution in [0.5, 0.6) is 0 Å². The van der Waals surface area contributed by atoms with E-state index in [0.717, 1.165) is 37.8 Å². The number of rotatable bonds is 4. The number of benzene rings is 1. The molecule has 1 aromatic carbocycles. The number of piperidine rings is 1. The molecule has 2 amide bonds. The molecule has 2 aliphatic heterocycles. The van der Waals surface area contributed by atoms with Crippen LogP contribution in [0.25, 0.3) is 0 Å². The molecule has 0 unspecified atom stereocenters. The molecule has 0 aliphatic carbocycles. The highest BCUT2D eigenvalue weighted by molar-refractivity contribution is 6.04. The van der Waals surface area contributed by atoms with Gasteiger partial charge in [0.15, 0.2) is 0 Å². The highest BCUT2D eigenvalue weighted by Crippen LogP contribution is 2.32. The van der Waals surface area contributed by atoms with Crippen molar-refractivity contribution in [3.8, 4) is 0 Å². The molecule has 2 aliphatic rings. The van der Waals surface area contributed by atoms with Gasteiger partial charge in [-0.25, -0.2) is 0 Å². The van der Waals surface area contributed by atoms with Crippen molar-refractivity contribution >= 4 is 29.3 Å². The number of carbonyl (C=O) groups excluding carboxylic acids is 2. The molecule has 4 rings (SSSR count). The van der Waals surface area contributed by atoms with Gasteiger partial charge in [0.25, 0.3) is 5.56 Å². The minimum absolute atomic E-state index is 0.0872. The van der Waals surface area contributed by atoms with Gasteiger partial charge in [0, 0.05) is 24.7 Å². The molecule has 0 radical (unpaired) electrons. The minimum Gasteiger partial charge on any atom is -0.339 e. The monoisotopic (exact) mass is 409 g/mol. The average Bonchev–Trinajstić information content (AvgIpc) is 2.74. The van der Waals surface area contributed by atoms with Gasteiger partial charge in [-0.2, -0.15) is 4.98 Å². The molecule has 3 N–H and O–H groups in total. The van der Waals surface area contributed by atoms with E-state index >= 15 is 0 Å². The third kappa shape index (κ3) is 3.81. The number of anilines is 3. The van der Waals surface area contributed by atoms with Crippen LogP contribution in [0.15, 0.2) is 29.1 Å². The molecule has 8 nitrogen and oxygen atoms in total. The first kappa shape index (κ1) is 20.1. The third-order valence-electron chi connectivity index (χ3n) is 6.03. The van der Waals surface area contributed by atoms with Crippen LogP contribution in [-0.2, 0) is 9.59 Å². The smallest absolute Gasteiger partial charge is 0.258 e. The van der Waals surface area contributed by atoms with Crippen molar-refractivity contribution in [2.24, 2.45) is 0 Å². The molecule has 1 saturated heterocycles. The lowest BCUT2D eigenvalue weighted by atomic mass is 9.92. The molecule has 0 bridgehead atoms. The number of fused-ring (bicyclic) bond motifs is 1. The van der Waals surface area contributed by atoms with E-state index in [9.17, 15) is 14.4 Å². The van der Waals surface area contributed by atoms with Gasteiger partial charge in [-0.1, -0.05) is 25.1 Å². The van der Waals surface area contributed by atoms with E-state index < -0.39 is 5.92 Å². The number of aryl methyl sites for hydroxylation is 1. The van der Waals surface area contributed by atoms with Crippen LogP contribution < -0.4 is 21.1 Å². The zero-order valence-electron chi connectivity index (χ0n) is 17.3. The average molecular weight is 409 g/mol. The molecular weight excluding hydrogens is 382 g/mol. The molecule has 8 heteroatoms. The Bertz CT molecular complexity index is 1030. The summed E-state index contributed by atoms with van der Waals surface area (Å²) < 4.78 is 0. The number of H-pyrrole nitrogens is 1. The van der Waals surface area contributed by atoms with E-state index in [4.69, 9.17) is 0 Å². The van der Waals surface area contributed by atoms with E-state index in [1.165, 1.54) is 0 Å². The van der Waals surface area contributed by atoms with Gasteiger partial charge in [0.2, 0.25) is 17.8 Å². The Labute approximate surface area is 175 Å². The number of nitrogens with zero attached hydrogens (tertiary/aromatic N) is 2. The lowest BCUT2D eigenvalue weighted by Crippen LogP contribution is -2.43. The van der Waals surface area contributed by atoms with Gasteiger partial charge in [-0.15, -0.1) is 0 Å². The number of para-hydroxylation sites is 1. The van der Waals surface area contributed by atoms with Crippen LogP contribution in [-0.4, -0.2) is 34.4 Å². The predicted molar refractivity (Wildman–Crippen MR) is 116 cm³/mol. The van der Waals surface area contributed by atoms with Crippen LogP contribution in [0.2, 0.25) is 0 Å². The van der Waals surface area contributed by atoms with Crippen molar-refractivity contribution in [1.82, 2.24) is 9.97 Å². The minimum atomic E-state index is -0.887. The van der Waals surface area contributed by atoms with E-state index in [-0.39, 0.29) is 35.2 Å². The lowest BCUT2D eigenvalue weighted by molar-refractivity contribution is -0.123. The number of aromatic nitrogens is 2. The van der Waals surface area contributed by atoms with Gasteiger partial charge in [-0.05, 0) is 44.2 Å². The van der Waals surface area contributed by atoms with E-state index in [1.54, 1.807) is 6.07 Å². The van der Waals surface area contributed by atoms with E-state index in [0.29, 0.717) is 17.7 Å². The SMILES string of the molecule is CC[C@@H]1CCCCN1c1nc2c(c(=O)[nH]1)[C@@H](C(=O)Nc1ccccc1C)CC(=O)N2. The molecule has 0 spiro atoms. The molecule has 158 valence electrons. The van der Waals surface area contributed by atoms with Crippen LogP contribution in [0.1, 0.15) is 56.1 Å². The second-order valence-electron chi connectivity index (χ2n) is 8.01. The Balaban J connectivity index is 1.67. The maximum Gasteiger partial charge on any atom is 0.258 e. The molecule has 2 atom stereocenters. The van der Waals surface area contributed by atoms with Gasteiger partial charge < -0.3 is 15.5 Å². The number of nitrogens with one attached hydrogen (secondary N) is 3. The topological polar surface area (TPSA) is 107 Å². The third-order valence-corrected chi connectivity index (χ3v) is 6.03. The number of hydrogen-bond acceptors (Lipinski definition) is 5. The fourth-order valence-corrected chi connectivity index (χ4v) is 4.36. The molecule has 2 aromatic rings. The first-order valence-corrected chi connectivity index (χ1v) is 10.5. The van der Waals surface area contributed by atoms with Crippen molar-refractivity contribution in [3.05, 3.63) is 45.7 Å². The first-order chi connectivity index (χ1) is 14.5. The maximum absolute atomic E-state index is 13.0. The summed E-state index contributed by atoms with van der Waals surface area (Å²) in [5.41, 5.74) is 1.41. The van der Waals surface area contributed by atoms with E-state index in [2.05, 4.69) is 32.4 Å². The fraction of sp³-hybridized carbons (Fsp3) is 0.455. The van der Waals surface area contributed by atoms with Crippen LogP contribution in [0.4, 0.5) is 17.5 Å². The quantitative estimate of drug-likeness (QED) is 0.720. The van der Waals surface area contributed by atoms with Crippen molar-refractivity contribution in [1.29, 1.82) is 0 Å². The molecular formula is C22H27N5O3. The lowest BCUT2D eigenvalue weighted by Gasteiger charge is -2.36. The highest BCUT2D eigenvalue weighted by Gasteiger charge is 2.36. The summed E-state index contributed by atoms with van der Waals surface area (Å²) in [6, 6.07) is 7.70. The second-order valence-corrected chi connectivity index (χ2v) is 8.01. The van der Waals surface area contributed by atoms with Crippen LogP contribution >= 0.6 is 0 Å². The van der Waals surface area contributed by atoms with Gasteiger partial charge in [0.1, 0.15) is 5.82 Å². The summed E-state index contributed by atoms with van der Waals surface area (Å²) in [6.07, 6.45) is 4.10. The normalized spacial score (nSPS) is 21.0. The maximum atomic E-state index is 13.0. The van der Waals surface area contributed by atoms with E-state index in [1.807, 2.05) is 25.1 Å². The standard InChI is InChI=1S/C22H27N5O3/c1-3-14-9-6-7-11-27(14)22-25-19-18(21(30)26-22)15(12-17(28)24-19)20(29)23-16-10-5-4-8-13(16)2/h4-5,8,10,14-15H,3,6-7,9,11-12H2,1-2H3,(H,23,29)(H2,24,25,26,28,30)/t14-,15+/m1/s1. The van der Waals surface area contributed by atoms with Gasteiger partial charge in [0.05, 0.1) is 11.5 Å². The molecule has 0 saturated carbocycles. The number of aromatic amines is 1. The zero-order valence-corrected chi connectivity index (χ0v) is 17.3. The molecule has 3 heterocycles. The van der Waals surface area contributed by atoms with Crippen LogP contribution in [0.3, 0.4) is 0 Å². The molecule has 30 heavy (non-hydrogen) atoms. The predicted octanol–water partition coefficient (Wildman–Crippen LogP) is 2.91. The fourth-order valence-electron chi connectivity index (χ4n) is 4.36. The Morgan fingerprint density at radius 2 is 2.07 bits per heavy atom. The summed E-state index contributed by atoms with van der Waals surface area (Å²) in [6.45, 7) is 4.82. The van der Waals surface area contributed by atoms with Crippen LogP contribution in [0, 0.1) is 6.92 Å². The molecule has 1 aromatic heterocycles. The second kappa shape index (κ2) is 8.30. The number of hydrogen-bond donors (Lipinski definition) is 3. The Hall–Kier alpha value is -3.16. The number of amides is 2. The van der Waals surface area contributed by atoms with Gasteiger partial charge >= 0.3 is 0 Å². The summed E-state index contributed by atoms with van der Waals surface area (Å²) in [5.74, 6) is -0.935. The van der Waals surface area contributed by atoms with Crippen molar-refractivity contribution < 1.29 is 9.59 Å². The summed E-state index contributed by atoms with van der Waals surface area (Å²) >= 11 is 0. The van der Waals surface area contributed by atoms with Gasteiger partial charge in [-0.3, -0.25) is 19.4 Å². The van der Waals surface area contributed by atoms with Crippen molar-refractivity contribution in [3.63, 3.8) is 0 Å². The largest absolute Gasteiger partial charge is 0.339 e. The van der Waals surface area contributed by atoms with Crippen molar-refractivity contribution in [2.75, 3.05) is 22.1 Å². The Morgan fingerprint density at radius 1 is 1.27 bits per heavy atom. The number of carbonyl (C=O) groups is 2. The summed E-state index contributed by atoms with van der Waals surface area (Å²) in [5, 5.41) is 5.55. The molecule has 1 fully saturated rings. The Morgan fingerprint density at radius 3 is 2.83 bits per heavy atom. The summed E-state index contributed by atoms with van der Waals surface area (Å²) in [7, 11) is 0. The van der Waals surface area contributed by atoms with Crippen molar-refractivity contribution in [2.45, 2.75) is 57.9 Å². The highest BCUT2D eigenvalue weighted by atomic mass is 16.2.